The molecule has 2 heterocycles. The highest BCUT2D eigenvalue weighted by atomic mass is 32.2. The summed E-state index contributed by atoms with van der Waals surface area (Å²) in [5.74, 6) is -0.134. The molecule has 0 spiro atoms. The van der Waals surface area contributed by atoms with Crippen LogP contribution in [0.4, 0.5) is 5.69 Å². The van der Waals surface area contributed by atoms with Crippen LogP contribution in [0.25, 0.3) is 0 Å². The van der Waals surface area contributed by atoms with Gasteiger partial charge >= 0.3 is 5.97 Å². The maximum atomic E-state index is 12.5. The van der Waals surface area contributed by atoms with Crippen molar-refractivity contribution in [3.05, 3.63) is 23.4 Å². The van der Waals surface area contributed by atoms with Crippen molar-refractivity contribution in [2.45, 2.75) is 32.3 Å². The molecule has 0 fully saturated rings. The van der Waals surface area contributed by atoms with Gasteiger partial charge in [-0.15, -0.1) is 0 Å². The Labute approximate surface area is 134 Å². The normalized spacial score (nSPS) is 11.5. The van der Waals surface area contributed by atoms with Gasteiger partial charge in [-0.3, -0.25) is 9.40 Å². The molecule has 0 amide bonds. The van der Waals surface area contributed by atoms with E-state index in [2.05, 4.69) is 19.5 Å². The van der Waals surface area contributed by atoms with Gasteiger partial charge in [0.15, 0.2) is 10.7 Å². The molecule has 0 radical (unpaired) electrons. The number of sulfonamides is 1. The molecule has 0 aliphatic rings. The van der Waals surface area contributed by atoms with E-state index in [1.165, 1.54) is 18.0 Å². The molecule has 2 rings (SSSR count). The molecule has 0 aromatic carbocycles. The first-order valence-electron chi connectivity index (χ1n) is 6.89. The van der Waals surface area contributed by atoms with Crippen molar-refractivity contribution in [1.82, 2.24) is 19.3 Å². The number of nitrogens with one attached hydrogen (secondary N) is 1. The van der Waals surface area contributed by atoms with Crippen molar-refractivity contribution in [2.75, 3.05) is 11.8 Å². The molecule has 0 saturated carbocycles. The van der Waals surface area contributed by atoms with E-state index >= 15 is 0 Å². The number of carbonyl (C=O) groups excluding carboxylic acids is 1. The third kappa shape index (κ3) is 3.07. The van der Waals surface area contributed by atoms with Crippen molar-refractivity contribution in [2.24, 2.45) is 7.05 Å². The van der Waals surface area contributed by atoms with Crippen molar-refractivity contribution < 1.29 is 17.9 Å². The molecule has 0 saturated heterocycles. The lowest BCUT2D eigenvalue weighted by Crippen LogP contribution is -2.16. The molecule has 9 nitrogen and oxygen atoms in total. The zero-order valence-corrected chi connectivity index (χ0v) is 14.4. The van der Waals surface area contributed by atoms with E-state index in [9.17, 15) is 13.2 Å². The number of nitrogens with zero attached hydrogens (tertiary/aromatic N) is 4. The largest absolute Gasteiger partial charge is 0.464 e. The summed E-state index contributed by atoms with van der Waals surface area (Å²) in [4.78, 5) is 15.8. The molecule has 2 aromatic rings. The Morgan fingerprint density at radius 2 is 2.04 bits per heavy atom. The Morgan fingerprint density at radius 1 is 1.39 bits per heavy atom. The van der Waals surface area contributed by atoms with E-state index in [1.54, 1.807) is 25.5 Å². The van der Waals surface area contributed by atoms with E-state index in [0.717, 1.165) is 0 Å². The Kier molecular flexibility index (Phi) is 4.46. The van der Waals surface area contributed by atoms with Crippen molar-refractivity contribution in [3.63, 3.8) is 0 Å². The molecular weight excluding hydrogens is 322 g/mol. The van der Waals surface area contributed by atoms with Crippen molar-refractivity contribution >= 4 is 21.7 Å². The highest BCUT2D eigenvalue weighted by molar-refractivity contribution is 7.92. The van der Waals surface area contributed by atoms with E-state index in [1.807, 2.05) is 6.92 Å². The van der Waals surface area contributed by atoms with Crippen LogP contribution < -0.4 is 4.72 Å². The fourth-order valence-electron chi connectivity index (χ4n) is 2.09. The summed E-state index contributed by atoms with van der Waals surface area (Å²) in [7, 11) is -1.13. The summed E-state index contributed by atoms with van der Waals surface area (Å²) < 4.78 is 35.2. The number of hydrogen-bond donors (Lipinski definition) is 1. The van der Waals surface area contributed by atoms with E-state index in [0.29, 0.717) is 18.1 Å². The number of rotatable bonds is 5. The maximum Gasteiger partial charge on any atom is 0.360 e. The SMILES string of the molecule is CCn1cc(S(=O)(=O)Nc2c(C(=O)OC)nn(C)c2C)nc1C. The van der Waals surface area contributed by atoms with Crippen LogP contribution in [0.2, 0.25) is 0 Å². The number of anilines is 1. The lowest BCUT2D eigenvalue weighted by molar-refractivity contribution is 0.0594. The summed E-state index contributed by atoms with van der Waals surface area (Å²) in [6, 6.07) is 0. The fraction of sp³-hybridized carbons (Fsp3) is 0.462. The minimum atomic E-state index is -3.94. The first-order valence-corrected chi connectivity index (χ1v) is 8.38. The number of ether oxygens (including phenoxy) is 1. The maximum absolute atomic E-state index is 12.5. The molecule has 2 aromatic heterocycles. The van der Waals surface area contributed by atoms with Gasteiger partial charge in [-0.05, 0) is 20.8 Å². The molecule has 0 bridgehead atoms. The van der Waals surface area contributed by atoms with Crippen LogP contribution in [-0.2, 0) is 28.4 Å². The number of esters is 1. The van der Waals surface area contributed by atoms with Crippen molar-refractivity contribution in [1.29, 1.82) is 0 Å². The number of carbonyl (C=O) groups is 1. The third-order valence-electron chi connectivity index (χ3n) is 3.52. The van der Waals surface area contributed by atoms with Gasteiger partial charge < -0.3 is 9.30 Å². The molecule has 0 aliphatic heterocycles. The standard InChI is InChI=1S/C13H19N5O4S/c1-6-18-7-10(14-9(18)3)23(20,21)16-11-8(2)17(4)15-12(11)13(19)22-5/h7,16H,6H2,1-5H3. The van der Waals surface area contributed by atoms with Gasteiger partial charge in [0.1, 0.15) is 11.5 Å². The molecule has 10 heteroatoms. The van der Waals surface area contributed by atoms with Gasteiger partial charge in [-0.25, -0.2) is 9.78 Å². The van der Waals surface area contributed by atoms with Crippen LogP contribution in [0.3, 0.4) is 0 Å². The fourth-order valence-corrected chi connectivity index (χ4v) is 3.22. The Hall–Kier alpha value is -2.36. The molecule has 23 heavy (non-hydrogen) atoms. The lowest BCUT2D eigenvalue weighted by Gasteiger charge is -2.06. The number of hydrogen-bond acceptors (Lipinski definition) is 6. The minimum Gasteiger partial charge on any atom is -0.464 e. The zero-order valence-electron chi connectivity index (χ0n) is 13.6. The second kappa shape index (κ2) is 6.03. The topological polar surface area (TPSA) is 108 Å². The predicted octanol–water partition coefficient (Wildman–Crippen LogP) is 0.841. The second-order valence-electron chi connectivity index (χ2n) is 4.94. The Morgan fingerprint density at radius 3 is 2.57 bits per heavy atom. The monoisotopic (exact) mass is 341 g/mol. The average molecular weight is 341 g/mol. The van der Waals surface area contributed by atoms with Gasteiger partial charge in [0.05, 0.1) is 12.8 Å². The summed E-state index contributed by atoms with van der Waals surface area (Å²) in [6.07, 6.45) is 1.45. The summed E-state index contributed by atoms with van der Waals surface area (Å²) in [5, 5.41) is 3.87. The van der Waals surface area contributed by atoms with Crippen LogP contribution in [-0.4, -0.2) is 40.8 Å². The molecule has 1 N–H and O–H groups in total. The first-order chi connectivity index (χ1) is 10.7. The lowest BCUT2D eigenvalue weighted by atomic mass is 10.3. The summed E-state index contributed by atoms with van der Waals surface area (Å²) in [5.41, 5.74) is 0.478. The van der Waals surface area contributed by atoms with E-state index in [4.69, 9.17) is 0 Å². The van der Waals surface area contributed by atoms with Crippen molar-refractivity contribution in [3.8, 4) is 0 Å². The molecular formula is C13H19N5O4S. The first kappa shape index (κ1) is 17.0. The number of aromatic nitrogens is 4. The second-order valence-corrected chi connectivity index (χ2v) is 6.57. The quantitative estimate of drug-likeness (QED) is 0.807. The van der Waals surface area contributed by atoms with E-state index < -0.39 is 16.0 Å². The van der Waals surface area contributed by atoms with Crippen LogP contribution >= 0.6 is 0 Å². The zero-order chi connectivity index (χ0) is 17.4. The smallest absolute Gasteiger partial charge is 0.360 e. The van der Waals surface area contributed by atoms with Crippen LogP contribution in [0.5, 0.6) is 0 Å². The van der Waals surface area contributed by atoms with Crippen LogP contribution in [0, 0.1) is 13.8 Å². The van der Waals surface area contributed by atoms with Gasteiger partial charge in [-0.1, -0.05) is 0 Å². The number of aryl methyl sites for hydroxylation is 3. The molecule has 0 unspecified atom stereocenters. The average Bonchev–Trinajstić information content (AvgIpc) is 3.01. The predicted molar refractivity (Wildman–Crippen MR) is 82.7 cm³/mol. The van der Waals surface area contributed by atoms with Gasteiger partial charge in [0.25, 0.3) is 10.0 Å². The summed E-state index contributed by atoms with van der Waals surface area (Å²) in [6.45, 7) is 5.86. The summed E-state index contributed by atoms with van der Waals surface area (Å²) >= 11 is 0. The van der Waals surface area contributed by atoms with E-state index in [-0.39, 0.29) is 16.4 Å². The van der Waals surface area contributed by atoms with Gasteiger partial charge in [-0.2, -0.15) is 13.5 Å². The molecule has 126 valence electrons. The third-order valence-corrected chi connectivity index (χ3v) is 4.74. The highest BCUT2D eigenvalue weighted by Crippen LogP contribution is 2.24. The van der Waals surface area contributed by atoms with Gasteiger partial charge in [0, 0.05) is 19.8 Å². The Bertz CT molecular complexity index is 850. The molecule has 0 atom stereocenters. The van der Waals surface area contributed by atoms with Crippen LogP contribution in [0.15, 0.2) is 11.2 Å². The number of methoxy groups -OCH3 is 1. The minimum absolute atomic E-state index is 0.0862. The van der Waals surface area contributed by atoms with Gasteiger partial charge in [0.2, 0.25) is 0 Å². The Balaban J connectivity index is 2.46. The molecule has 0 aliphatic carbocycles. The highest BCUT2D eigenvalue weighted by Gasteiger charge is 2.26. The van der Waals surface area contributed by atoms with Crippen LogP contribution in [0.1, 0.15) is 28.9 Å². The number of imidazole rings is 1.